The van der Waals surface area contributed by atoms with Gasteiger partial charge in [0, 0.05) is 77.6 Å². The monoisotopic (exact) mass is 704 g/mol. The van der Waals surface area contributed by atoms with Gasteiger partial charge in [-0.2, -0.15) is 5.10 Å². The number of carbonyl (C=O) groups excluding carboxylic acids is 4. The average Bonchev–Trinajstić information content (AvgIpc) is 3.63. The topological polar surface area (TPSA) is 117 Å². The van der Waals surface area contributed by atoms with Crippen LogP contribution in [0.4, 0.5) is 8.78 Å². The fourth-order valence-electron chi connectivity index (χ4n) is 7.04. The molecule has 0 unspecified atom stereocenters. The number of ketones is 1. The van der Waals surface area contributed by atoms with E-state index in [4.69, 9.17) is 0 Å². The molecule has 2 heterocycles. The first kappa shape index (κ1) is 37.8. The molecule has 2 atom stereocenters. The lowest BCUT2D eigenvalue weighted by molar-refractivity contribution is -0.138. The minimum absolute atomic E-state index is 0.0959. The lowest BCUT2D eigenvalue weighted by atomic mass is 9.79. The number of aromatic nitrogens is 2. The number of amides is 3. The zero-order valence-corrected chi connectivity index (χ0v) is 29.7. The fourth-order valence-corrected chi connectivity index (χ4v) is 7.04. The molecular weight excluding hydrogens is 654 g/mol. The highest BCUT2D eigenvalue weighted by molar-refractivity contribution is 5.97. The SMILES string of the molecule is CCC(=O)N[C@H](Cc1ccc(CCC(=O)[C@@H](NC(=O)c2ccnn2CC)C2CCC(F)(F)CC2)cc1)C(=O)N1CCN(Cc2ccccc2)CC1. The number of piperazine rings is 1. The Morgan fingerprint density at radius 3 is 2.18 bits per heavy atom. The lowest BCUT2D eigenvalue weighted by Crippen LogP contribution is -2.55. The first-order valence-electron chi connectivity index (χ1n) is 18.2. The van der Waals surface area contributed by atoms with E-state index >= 15 is 0 Å². The number of benzene rings is 2. The van der Waals surface area contributed by atoms with Crippen LogP contribution in [0.1, 0.15) is 79.6 Å². The van der Waals surface area contributed by atoms with Crippen LogP contribution < -0.4 is 10.6 Å². The Hall–Kier alpha value is -4.45. The molecule has 0 bridgehead atoms. The van der Waals surface area contributed by atoms with Gasteiger partial charge in [-0.15, -0.1) is 0 Å². The van der Waals surface area contributed by atoms with Gasteiger partial charge >= 0.3 is 0 Å². The summed E-state index contributed by atoms with van der Waals surface area (Å²) in [6.07, 6.45) is 2.36. The molecule has 1 aliphatic carbocycles. The summed E-state index contributed by atoms with van der Waals surface area (Å²) in [5.41, 5.74) is 3.33. The Morgan fingerprint density at radius 1 is 0.863 bits per heavy atom. The highest BCUT2D eigenvalue weighted by Crippen LogP contribution is 2.38. The Balaban J connectivity index is 1.18. The number of Topliss-reactive ketones (excluding diaryl/α,β-unsaturated/α-hetero) is 1. The molecule has 1 saturated carbocycles. The molecule has 2 aliphatic rings. The van der Waals surface area contributed by atoms with Crippen molar-refractivity contribution < 1.29 is 28.0 Å². The van der Waals surface area contributed by atoms with Crippen molar-refractivity contribution in [1.29, 1.82) is 0 Å². The minimum atomic E-state index is -2.75. The van der Waals surface area contributed by atoms with E-state index in [-0.39, 0.29) is 62.0 Å². The Morgan fingerprint density at radius 2 is 1.53 bits per heavy atom. The van der Waals surface area contributed by atoms with Crippen molar-refractivity contribution >= 4 is 23.5 Å². The van der Waals surface area contributed by atoms with Gasteiger partial charge in [0.2, 0.25) is 17.7 Å². The summed E-state index contributed by atoms with van der Waals surface area (Å²) in [5, 5.41) is 9.92. The maximum Gasteiger partial charge on any atom is 0.270 e. The number of hydrogen-bond acceptors (Lipinski definition) is 6. The molecule has 2 aromatic carbocycles. The fraction of sp³-hybridized carbons (Fsp3) is 0.513. The normalized spacial score (nSPS) is 17.8. The smallest absolute Gasteiger partial charge is 0.270 e. The molecule has 3 amide bonds. The number of nitrogens with zero attached hydrogens (tertiary/aromatic N) is 4. The predicted octanol–water partition coefficient (Wildman–Crippen LogP) is 4.81. The summed E-state index contributed by atoms with van der Waals surface area (Å²) >= 11 is 0. The molecule has 1 saturated heterocycles. The van der Waals surface area contributed by atoms with Gasteiger partial charge in [-0.1, -0.05) is 61.5 Å². The van der Waals surface area contributed by atoms with E-state index < -0.39 is 23.9 Å². The third kappa shape index (κ3) is 10.5. The van der Waals surface area contributed by atoms with Crippen LogP contribution in [-0.2, 0) is 40.3 Å². The molecule has 0 radical (unpaired) electrons. The van der Waals surface area contributed by atoms with Crippen molar-refractivity contribution in [1.82, 2.24) is 30.2 Å². The van der Waals surface area contributed by atoms with E-state index in [1.807, 2.05) is 54.3 Å². The summed E-state index contributed by atoms with van der Waals surface area (Å²) in [5.74, 6) is -4.04. The van der Waals surface area contributed by atoms with Crippen LogP contribution in [0.15, 0.2) is 66.9 Å². The molecule has 10 nitrogen and oxygen atoms in total. The summed E-state index contributed by atoms with van der Waals surface area (Å²) in [4.78, 5) is 57.0. The van der Waals surface area contributed by atoms with Crippen LogP contribution in [0.25, 0.3) is 0 Å². The quantitative estimate of drug-likeness (QED) is 0.235. The van der Waals surface area contributed by atoms with Crippen molar-refractivity contribution in [3.63, 3.8) is 0 Å². The van der Waals surface area contributed by atoms with Gasteiger partial charge in [-0.25, -0.2) is 8.78 Å². The zero-order chi connectivity index (χ0) is 36.4. The lowest BCUT2D eigenvalue weighted by Gasteiger charge is -2.36. The third-order valence-electron chi connectivity index (χ3n) is 10.1. The third-order valence-corrected chi connectivity index (χ3v) is 10.1. The summed E-state index contributed by atoms with van der Waals surface area (Å²) in [7, 11) is 0. The van der Waals surface area contributed by atoms with E-state index in [9.17, 15) is 28.0 Å². The van der Waals surface area contributed by atoms with Crippen molar-refractivity contribution in [3.8, 4) is 0 Å². The standard InChI is InChI=1S/C39H50F2N6O4/c1-3-35(49)43-32(38(51)46-24-22-45(23-25-46)27-30-8-6-5-7-9-30)26-29-12-10-28(11-13-29)14-15-34(48)36(31-16-19-39(40,41)20-17-31)44-37(50)33-18-21-42-47(33)4-2/h5-13,18,21,31-32,36H,3-4,14-17,19-20,22-27H2,1-2H3,(H,43,49)(H,44,50)/t32-,36+/m1/s1. The molecular formula is C39H50F2N6O4. The number of alkyl halides is 2. The first-order chi connectivity index (χ1) is 24.5. The first-order valence-corrected chi connectivity index (χ1v) is 18.2. The van der Waals surface area contributed by atoms with Gasteiger partial charge < -0.3 is 15.5 Å². The molecule has 1 aromatic heterocycles. The number of nitrogens with one attached hydrogen (secondary N) is 2. The maximum atomic E-state index is 14.0. The Bertz CT molecular complexity index is 1610. The minimum Gasteiger partial charge on any atom is -0.344 e. The van der Waals surface area contributed by atoms with Crippen LogP contribution in [-0.4, -0.2) is 87.3 Å². The van der Waals surface area contributed by atoms with Crippen LogP contribution in [0, 0.1) is 5.92 Å². The van der Waals surface area contributed by atoms with Crippen molar-refractivity contribution in [2.24, 2.45) is 5.92 Å². The predicted molar refractivity (Wildman–Crippen MR) is 190 cm³/mol. The van der Waals surface area contributed by atoms with Crippen molar-refractivity contribution in [2.45, 2.75) is 96.3 Å². The summed E-state index contributed by atoms with van der Waals surface area (Å²) < 4.78 is 29.5. The molecule has 1 aliphatic heterocycles. The number of rotatable bonds is 15. The number of aryl methyl sites for hydroxylation is 2. The van der Waals surface area contributed by atoms with E-state index in [1.54, 1.807) is 13.0 Å². The summed E-state index contributed by atoms with van der Waals surface area (Å²) in [6.45, 7) is 7.61. The zero-order valence-electron chi connectivity index (χ0n) is 29.7. The second kappa shape index (κ2) is 17.7. The molecule has 5 rings (SSSR count). The Labute approximate surface area is 298 Å². The molecule has 2 fully saturated rings. The van der Waals surface area contributed by atoms with Gasteiger partial charge in [-0.3, -0.25) is 28.8 Å². The molecule has 3 aromatic rings. The molecule has 51 heavy (non-hydrogen) atoms. The van der Waals surface area contributed by atoms with Crippen molar-refractivity contribution in [2.75, 3.05) is 26.2 Å². The molecule has 2 N–H and O–H groups in total. The van der Waals surface area contributed by atoms with E-state index in [1.165, 1.54) is 16.4 Å². The van der Waals surface area contributed by atoms with Crippen molar-refractivity contribution in [3.05, 3.63) is 89.2 Å². The van der Waals surface area contributed by atoms with Gasteiger partial charge in [0.05, 0.1) is 6.04 Å². The highest BCUT2D eigenvalue weighted by atomic mass is 19.3. The van der Waals surface area contributed by atoms with Crippen LogP contribution in [0.5, 0.6) is 0 Å². The van der Waals surface area contributed by atoms with E-state index in [2.05, 4.69) is 32.8 Å². The molecule has 274 valence electrons. The number of halogens is 2. The maximum absolute atomic E-state index is 14.0. The van der Waals surface area contributed by atoms with Gasteiger partial charge in [0.1, 0.15) is 11.7 Å². The largest absolute Gasteiger partial charge is 0.344 e. The second-order valence-corrected chi connectivity index (χ2v) is 13.7. The number of hydrogen-bond donors (Lipinski definition) is 2. The van der Waals surface area contributed by atoms with Gasteiger partial charge in [0.15, 0.2) is 5.78 Å². The van der Waals surface area contributed by atoms with Crippen LogP contribution in [0.3, 0.4) is 0 Å². The van der Waals surface area contributed by atoms with E-state index in [0.717, 1.165) is 30.8 Å². The second-order valence-electron chi connectivity index (χ2n) is 13.7. The molecule has 0 spiro atoms. The van der Waals surface area contributed by atoms with Gasteiger partial charge in [0.25, 0.3) is 5.91 Å². The average molecular weight is 705 g/mol. The van der Waals surface area contributed by atoms with Gasteiger partial charge in [-0.05, 0) is 54.9 Å². The Kier molecular flexibility index (Phi) is 13.1. The number of carbonyl (C=O) groups is 4. The van der Waals surface area contributed by atoms with Crippen LogP contribution >= 0.6 is 0 Å². The highest BCUT2D eigenvalue weighted by Gasteiger charge is 2.40. The van der Waals surface area contributed by atoms with E-state index in [0.29, 0.717) is 38.2 Å². The molecule has 12 heteroatoms. The van der Waals surface area contributed by atoms with Crippen LogP contribution in [0.2, 0.25) is 0 Å². The summed E-state index contributed by atoms with van der Waals surface area (Å²) in [6, 6.07) is 17.9.